The van der Waals surface area contributed by atoms with E-state index in [9.17, 15) is 9.59 Å². The summed E-state index contributed by atoms with van der Waals surface area (Å²) >= 11 is 0. The highest BCUT2D eigenvalue weighted by Gasteiger charge is 2.22. The third-order valence-electron chi connectivity index (χ3n) is 3.60. The number of hydrogen-bond acceptors (Lipinski definition) is 3. The molecule has 0 saturated heterocycles. The van der Waals surface area contributed by atoms with Crippen LogP contribution >= 0.6 is 0 Å². The van der Waals surface area contributed by atoms with E-state index >= 15 is 0 Å². The molecule has 5 nitrogen and oxygen atoms in total. The maximum Gasteiger partial charge on any atom is 0.255 e. The van der Waals surface area contributed by atoms with Gasteiger partial charge in [0.2, 0.25) is 5.91 Å². The molecule has 0 saturated carbocycles. The number of rotatable bonds is 6. The Kier molecular flexibility index (Phi) is 6.09. The Balaban J connectivity index is 2.29. The molecule has 2 rings (SSSR count). The van der Waals surface area contributed by atoms with Crippen molar-refractivity contribution in [1.82, 2.24) is 5.48 Å². The molecule has 0 aliphatic heterocycles. The maximum atomic E-state index is 12.1. The van der Waals surface area contributed by atoms with Crippen LogP contribution in [-0.4, -0.2) is 17.0 Å². The standard InChI is InChI=1S/C19H22N2O3/c1-13(2)11-17(22)20-16-10-6-9-15(12-16)18(19(23)21-24)14-7-4-3-5-8-14/h3-10,12-13,18,24H,11H2,1-2H3,(H,20,22)(H,21,23). The SMILES string of the molecule is CC(C)CC(=O)Nc1cccc(C(C(=O)NO)c2ccccc2)c1. The summed E-state index contributed by atoms with van der Waals surface area (Å²) in [6.07, 6.45) is 0.434. The average Bonchev–Trinajstić information content (AvgIpc) is 2.55. The van der Waals surface area contributed by atoms with Gasteiger partial charge in [0, 0.05) is 12.1 Å². The number of carbonyl (C=O) groups is 2. The molecule has 5 heteroatoms. The van der Waals surface area contributed by atoms with E-state index in [0.29, 0.717) is 17.7 Å². The van der Waals surface area contributed by atoms with E-state index in [0.717, 1.165) is 5.56 Å². The first-order valence-corrected chi connectivity index (χ1v) is 7.90. The van der Waals surface area contributed by atoms with Gasteiger partial charge in [-0.25, -0.2) is 5.48 Å². The summed E-state index contributed by atoms with van der Waals surface area (Å²) in [4.78, 5) is 24.1. The Morgan fingerprint density at radius 3 is 2.29 bits per heavy atom. The number of hydroxylamine groups is 1. The van der Waals surface area contributed by atoms with E-state index in [4.69, 9.17) is 5.21 Å². The topological polar surface area (TPSA) is 78.4 Å². The summed E-state index contributed by atoms with van der Waals surface area (Å²) in [7, 11) is 0. The number of hydrogen-bond donors (Lipinski definition) is 3. The molecule has 24 heavy (non-hydrogen) atoms. The van der Waals surface area contributed by atoms with Gasteiger partial charge in [-0.2, -0.15) is 0 Å². The third-order valence-corrected chi connectivity index (χ3v) is 3.60. The zero-order chi connectivity index (χ0) is 17.5. The first-order chi connectivity index (χ1) is 11.5. The first kappa shape index (κ1) is 17.7. The Hall–Kier alpha value is -2.66. The monoisotopic (exact) mass is 326 g/mol. The Labute approximate surface area is 141 Å². The molecule has 2 aromatic carbocycles. The second-order valence-corrected chi connectivity index (χ2v) is 6.09. The van der Waals surface area contributed by atoms with E-state index in [1.807, 2.05) is 44.2 Å². The number of nitrogens with one attached hydrogen (secondary N) is 2. The summed E-state index contributed by atoms with van der Waals surface area (Å²) < 4.78 is 0. The van der Waals surface area contributed by atoms with Gasteiger partial charge < -0.3 is 5.32 Å². The molecule has 0 heterocycles. The van der Waals surface area contributed by atoms with Gasteiger partial charge in [-0.3, -0.25) is 14.8 Å². The lowest BCUT2D eigenvalue weighted by Crippen LogP contribution is -2.27. The predicted octanol–water partition coefficient (Wildman–Crippen LogP) is 3.31. The van der Waals surface area contributed by atoms with Crippen LogP contribution in [-0.2, 0) is 9.59 Å². The van der Waals surface area contributed by atoms with Crippen LogP contribution in [0.3, 0.4) is 0 Å². The fraction of sp³-hybridized carbons (Fsp3) is 0.263. The van der Waals surface area contributed by atoms with Crippen molar-refractivity contribution in [2.75, 3.05) is 5.32 Å². The molecule has 0 spiro atoms. The number of anilines is 1. The summed E-state index contributed by atoms with van der Waals surface area (Å²) in [5.41, 5.74) is 3.80. The minimum absolute atomic E-state index is 0.0648. The highest BCUT2D eigenvalue weighted by atomic mass is 16.5. The number of carbonyl (C=O) groups excluding carboxylic acids is 2. The number of benzene rings is 2. The van der Waals surface area contributed by atoms with Crippen molar-refractivity contribution in [3.05, 3.63) is 65.7 Å². The van der Waals surface area contributed by atoms with Crippen molar-refractivity contribution in [1.29, 1.82) is 0 Å². The minimum Gasteiger partial charge on any atom is -0.326 e. The van der Waals surface area contributed by atoms with Crippen LogP contribution in [0.1, 0.15) is 37.3 Å². The van der Waals surface area contributed by atoms with Gasteiger partial charge >= 0.3 is 0 Å². The lowest BCUT2D eigenvalue weighted by Gasteiger charge is -2.17. The van der Waals surface area contributed by atoms with Gasteiger partial charge in [0.15, 0.2) is 0 Å². The molecule has 0 fully saturated rings. The smallest absolute Gasteiger partial charge is 0.255 e. The predicted molar refractivity (Wildman–Crippen MR) is 92.7 cm³/mol. The second-order valence-electron chi connectivity index (χ2n) is 6.09. The van der Waals surface area contributed by atoms with Gasteiger partial charge in [0.05, 0.1) is 5.92 Å². The molecular weight excluding hydrogens is 304 g/mol. The molecule has 0 bridgehead atoms. The quantitative estimate of drug-likeness (QED) is 0.563. The van der Waals surface area contributed by atoms with Crippen LogP contribution < -0.4 is 10.8 Å². The molecule has 0 aromatic heterocycles. The summed E-state index contributed by atoms with van der Waals surface area (Å²) in [5.74, 6) is -0.972. The van der Waals surface area contributed by atoms with E-state index in [-0.39, 0.29) is 11.8 Å². The zero-order valence-electron chi connectivity index (χ0n) is 13.8. The second kappa shape index (κ2) is 8.26. The van der Waals surface area contributed by atoms with Crippen molar-refractivity contribution >= 4 is 17.5 Å². The highest BCUT2D eigenvalue weighted by molar-refractivity contribution is 5.91. The molecule has 0 aliphatic rings. The normalized spacial score (nSPS) is 11.8. The van der Waals surface area contributed by atoms with Crippen LogP contribution in [0.5, 0.6) is 0 Å². The minimum atomic E-state index is -0.654. The Morgan fingerprint density at radius 2 is 1.67 bits per heavy atom. The molecule has 2 aromatic rings. The van der Waals surface area contributed by atoms with Crippen LogP contribution in [0.4, 0.5) is 5.69 Å². The van der Waals surface area contributed by atoms with Crippen LogP contribution in [0.25, 0.3) is 0 Å². The van der Waals surface area contributed by atoms with E-state index < -0.39 is 11.8 Å². The summed E-state index contributed by atoms with van der Waals surface area (Å²) in [5, 5.41) is 11.9. The maximum absolute atomic E-state index is 12.1. The lowest BCUT2D eigenvalue weighted by molar-refractivity contribution is -0.129. The van der Waals surface area contributed by atoms with Gasteiger partial charge in [0.1, 0.15) is 0 Å². The summed E-state index contributed by atoms with van der Waals surface area (Å²) in [6, 6.07) is 16.3. The lowest BCUT2D eigenvalue weighted by atomic mass is 9.90. The van der Waals surface area contributed by atoms with Crippen LogP contribution in [0.15, 0.2) is 54.6 Å². The van der Waals surface area contributed by atoms with Gasteiger partial charge in [0.25, 0.3) is 5.91 Å². The Bertz CT molecular complexity index is 699. The fourth-order valence-corrected chi connectivity index (χ4v) is 2.58. The van der Waals surface area contributed by atoms with Crippen molar-refractivity contribution in [2.24, 2.45) is 5.92 Å². The molecule has 1 unspecified atom stereocenters. The van der Waals surface area contributed by atoms with Gasteiger partial charge in [-0.15, -0.1) is 0 Å². The number of amides is 2. The zero-order valence-corrected chi connectivity index (χ0v) is 13.8. The van der Waals surface area contributed by atoms with Crippen molar-refractivity contribution in [2.45, 2.75) is 26.2 Å². The molecular formula is C19H22N2O3. The Morgan fingerprint density at radius 1 is 1.00 bits per heavy atom. The van der Waals surface area contributed by atoms with Crippen LogP contribution in [0, 0.1) is 5.92 Å². The molecule has 2 amide bonds. The fourth-order valence-electron chi connectivity index (χ4n) is 2.58. The molecule has 126 valence electrons. The first-order valence-electron chi connectivity index (χ1n) is 7.90. The van der Waals surface area contributed by atoms with E-state index in [2.05, 4.69) is 5.32 Å². The van der Waals surface area contributed by atoms with Crippen molar-refractivity contribution in [3.63, 3.8) is 0 Å². The molecule has 3 N–H and O–H groups in total. The third kappa shape index (κ3) is 4.67. The van der Waals surface area contributed by atoms with E-state index in [1.165, 1.54) is 0 Å². The van der Waals surface area contributed by atoms with Gasteiger partial charge in [-0.05, 0) is 29.2 Å². The van der Waals surface area contributed by atoms with Crippen molar-refractivity contribution in [3.8, 4) is 0 Å². The molecule has 0 aliphatic carbocycles. The van der Waals surface area contributed by atoms with Crippen molar-refractivity contribution < 1.29 is 14.8 Å². The molecule has 0 radical (unpaired) electrons. The average molecular weight is 326 g/mol. The highest BCUT2D eigenvalue weighted by Crippen LogP contribution is 2.27. The summed E-state index contributed by atoms with van der Waals surface area (Å²) in [6.45, 7) is 3.96. The van der Waals surface area contributed by atoms with E-state index in [1.54, 1.807) is 29.7 Å². The largest absolute Gasteiger partial charge is 0.326 e. The van der Waals surface area contributed by atoms with Gasteiger partial charge in [-0.1, -0.05) is 56.3 Å². The molecule has 1 atom stereocenters. The van der Waals surface area contributed by atoms with Crippen LogP contribution in [0.2, 0.25) is 0 Å².